The van der Waals surface area contributed by atoms with Crippen LogP contribution < -0.4 is 9.64 Å². The zero-order chi connectivity index (χ0) is 13.5. The van der Waals surface area contributed by atoms with E-state index in [1.54, 1.807) is 4.90 Å². The number of unbranched alkanes of at least 4 members (excludes halogenated alkanes) is 1. The molecule has 3 nitrogen and oxygen atoms in total. The average molecular weight is 329 g/mol. The van der Waals surface area contributed by atoms with E-state index >= 15 is 0 Å². The number of benzene rings is 1. The van der Waals surface area contributed by atoms with Crippen LogP contribution in [0.4, 0.5) is 0 Å². The second-order valence-electron chi connectivity index (χ2n) is 5.10. The van der Waals surface area contributed by atoms with Crippen molar-refractivity contribution in [3.05, 3.63) is 28.2 Å². The molecule has 2 rings (SSSR count). The number of aryl methyl sites for hydroxylation is 1. The first-order chi connectivity index (χ1) is 9.25. The monoisotopic (exact) mass is 328 g/mol. The summed E-state index contributed by atoms with van der Waals surface area (Å²) in [5.74, 6) is 0.948. The molecule has 1 heterocycles. The number of nitrogens with one attached hydrogen (secondary N) is 1. The first kappa shape index (κ1) is 14.8. The molecule has 0 saturated carbocycles. The van der Waals surface area contributed by atoms with Crippen LogP contribution in [0.2, 0.25) is 0 Å². The normalized spacial score (nSPS) is 16.5. The summed E-state index contributed by atoms with van der Waals surface area (Å²) in [5.41, 5.74) is 1.25. The van der Waals surface area contributed by atoms with Crippen LogP contribution in [-0.2, 0) is 4.74 Å². The van der Waals surface area contributed by atoms with Gasteiger partial charge >= 0.3 is 0 Å². The predicted octanol–water partition coefficient (Wildman–Crippen LogP) is 1.83. The Morgan fingerprint density at radius 2 is 2.05 bits per heavy atom. The van der Waals surface area contributed by atoms with E-state index in [1.807, 2.05) is 6.07 Å². The third-order valence-electron chi connectivity index (χ3n) is 3.47. The number of rotatable bonds is 6. The highest BCUT2D eigenvalue weighted by molar-refractivity contribution is 9.10. The molecule has 1 N–H and O–H groups in total. The predicted molar refractivity (Wildman–Crippen MR) is 80.0 cm³/mol. The highest BCUT2D eigenvalue weighted by atomic mass is 79.9. The maximum absolute atomic E-state index is 5.80. The van der Waals surface area contributed by atoms with Crippen LogP contribution in [0.5, 0.6) is 5.75 Å². The van der Waals surface area contributed by atoms with Gasteiger partial charge in [0.15, 0.2) is 0 Å². The minimum Gasteiger partial charge on any atom is -0.492 e. The van der Waals surface area contributed by atoms with E-state index in [4.69, 9.17) is 9.47 Å². The molecule has 0 atom stereocenters. The molecule has 0 spiro atoms. The molecular formula is C15H23BrNO2+. The standard InChI is InChI=1S/C15H22BrNO2/c1-13-4-5-15(14(16)12-13)19-9-3-2-6-17-7-10-18-11-8-17/h4-5,12H,2-3,6-11H2,1H3/p+1. The van der Waals surface area contributed by atoms with Crippen LogP contribution in [0.15, 0.2) is 22.7 Å². The van der Waals surface area contributed by atoms with Gasteiger partial charge in [0, 0.05) is 0 Å². The largest absolute Gasteiger partial charge is 0.492 e. The van der Waals surface area contributed by atoms with Crippen molar-refractivity contribution in [3.8, 4) is 5.75 Å². The Balaban J connectivity index is 1.61. The molecule has 4 heteroatoms. The minimum atomic E-state index is 0.797. The van der Waals surface area contributed by atoms with Crippen molar-refractivity contribution in [1.82, 2.24) is 0 Å². The molecular weight excluding hydrogens is 306 g/mol. The summed E-state index contributed by atoms with van der Waals surface area (Å²) in [6, 6.07) is 6.21. The Hall–Kier alpha value is -0.580. The molecule has 1 aliphatic heterocycles. The van der Waals surface area contributed by atoms with Crippen LogP contribution in [0.1, 0.15) is 18.4 Å². The lowest BCUT2D eigenvalue weighted by Gasteiger charge is -2.23. The van der Waals surface area contributed by atoms with Crippen LogP contribution in [-0.4, -0.2) is 39.5 Å². The molecule has 0 aromatic heterocycles. The Morgan fingerprint density at radius 3 is 2.79 bits per heavy atom. The summed E-state index contributed by atoms with van der Waals surface area (Å²) in [6.07, 6.45) is 2.34. The van der Waals surface area contributed by atoms with Gasteiger partial charge in [-0.15, -0.1) is 0 Å². The van der Waals surface area contributed by atoms with Crippen molar-refractivity contribution >= 4 is 15.9 Å². The Bertz CT molecular complexity index is 392. The smallest absolute Gasteiger partial charge is 0.133 e. The van der Waals surface area contributed by atoms with Crippen molar-refractivity contribution in [3.63, 3.8) is 0 Å². The molecule has 0 unspecified atom stereocenters. The number of quaternary nitrogens is 1. The molecule has 106 valence electrons. The summed E-state index contributed by atoms with van der Waals surface area (Å²) < 4.78 is 12.2. The van der Waals surface area contributed by atoms with Gasteiger partial charge in [-0.3, -0.25) is 0 Å². The van der Waals surface area contributed by atoms with Gasteiger partial charge in [-0.1, -0.05) is 6.07 Å². The van der Waals surface area contributed by atoms with E-state index in [1.165, 1.54) is 18.5 Å². The third kappa shape index (κ3) is 5.13. The fraction of sp³-hybridized carbons (Fsp3) is 0.600. The van der Waals surface area contributed by atoms with E-state index in [0.29, 0.717) is 0 Å². The summed E-state index contributed by atoms with van der Waals surface area (Å²) in [5, 5.41) is 0. The van der Waals surface area contributed by atoms with Gasteiger partial charge in [-0.2, -0.15) is 0 Å². The fourth-order valence-electron chi connectivity index (χ4n) is 2.29. The maximum Gasteiger partial charge on any atom is 0.133 e. The third-order valence-corrected chi connectivity index (χ3v) is 4.09. The van der Waals surface area contributed by atoms with Gasteiger partial charge in [-0.05, 0) is 53.4 Å². The molecule has 0 aliphatic carbocycles. The van der Waals surface area contributed by atoms with Crippen LogP contribution >= 0.6 is 15.9 Å². The van der Waals surface area contributed by atoms with Crippen molar-refractivity contribution in [2.24, 2.45) is 0 Å². The molecule has 1 aromatic carbocycles. The van der Waals surface area contributed by atoms with Crippen molar-refractivity contribution < 1.29 is 14.4 Å². The van der Waals surface area contributed by atoms with E-state index in [-0.39, 0.29) is 0 Å². The second-order valence-corrected chi connectivity index (χ2v) is 5.96. The van der Waals surface area contributed by atoms with E-state index in [9.17, 15) is 0 Å². The lowest BCUT2D eigenvalue weighted by atomic mass is 10.2. The summed E-state index contributed by atoms with van der Waals surface area (Å²) >= 11 is 3.54. The lowest BCUT2D eigenvalue weighted by Crippen LogP contribution is -3.14. The highest BCUT2D eigenvalue weighted by Crippen LogP contribution is 2.25. The van der Waals surface area contributed by atoms with Crippen LogP contribution in [0.25, 0.3) is 0 Å². The molecule has 1 aliphatic rings. The highest BCUT2D eigenvalue weighted by Gasteiger charge is 2.12. The van der Waals surface area contributed by atoms with Crippen molar-refractivity contribution in [2.75, 3.05) is 39.5 Å². The molecule has 1 aromatic rings. The van der Waals surface area contributed by atoms with Gasteiger partial charge in [0.2, 0.25) is 0 Å². The molecule has 0 bridgehead atoms. The number of hydrogen-bond acceptors (Lipinski definition) is 2. The molecule has 19 heavy (non-hydrogen) atoms. The zero-order valence-corrected chi connectivity index (χ0v) is 13.2. The topological polar surface area (TPSA) is 22.9 Å². The van der Waals surface area contributed by atoms with Crippen molar-refractivity contribution in [1.29, 1.82) is 0 Å². The van der Waals surface area contributed by atoms with Gasteiger partial charge in [0.25, 0.3) is 0 Å². The quantitative estimate of drug-likeness (QED) is 0.805. The fourth-order valence-corrected chi connectivity index (χ4v) is 2.90. The van der Waals surface area contributed by atoms with E-state index < -0.39 is 0 Å². The Morgan fingerprint density at radius 1 is 1.26 bits per heavy atom. The number of ether oxygens (including phenoxy) is 2. The lowest BCUT2D eigenvalue weighted by molar-refractivity contribution is -0.908. The second kappa shape index (κ2) is 7.88. The maximum atomic E-state index is 5.80. The van der Waals surface area contributed by atoms with Gasteiger partial charge < -0.3 is 14.4 Å². The molecule has 1 saturated heterocycles. The van der Waals surface area contributed by atoms with Gasteiger partial charge in [0.1, 0.15) is 18.8 Å². The molecule has 0 radical (unpaired) electrons. The first-order valence-electron chi connectivity index (χ1n) is 7.06. The molecule has 0 amide bonds. The summed E-state index contributed by atoms with van der Waals surface area (Å²) in [4.78, 5) is 1.67. The first-order valence-corrected chi connectivity index (χ1v) is 7.85. The summed E-state index contributed by atoms with van der Waals surface area (Å²) in [6.45, 7) is 8.27. The Kier molecular flexibility index (Phi) is 6.14. The van der Waals surface area contributed by atoms with Crippen LogP contribution in [0, 0.1) is 6.92 Å². The summed E-state index contributed by atoms with van der Waals surface area (Å²) in [7, 11) is 0. The zero-order valence-electron chi connectivity index (χ0n) is 11.6. The average Bonchev–Trinajstić information content (AvgIpc) is 2.42. The van der Waals surface area contributed by atoms with E-state index in [2.05, 4.69) is 35.0 Å². The number of halogens is 1. The van der Waals surface area contributed by atoms with E-state index in [0.717, 1.165) is 49.6 Å². The van der Waals surface area contributed by atoms with Crippen molar-refractivity contribution in [2.45, 2.75) is 19.8 Å². The number of morpholine rings is 1. The van der Waals surface area contributed by atoms with Crippen LogP contribution in [0.3, 0.4) is 0 Å². The Labute approximate surface area is 124 Å². The number of hydrogen-bond donors (Lipinski definition) is 1. The minimum absolute atomic E-state index is 0.797. The van der Waals surface area contributed by atoms with Gasteiger partial charge in [0.05, 0.1) is 30.8 Å². The molecule has 1 fully saturated rings. The SMILES string of the molecule is Cc1ccc(OCCCC[NH+]2CCOCC2)c(Br)c1. The van der Waals surface area contributed by atoms with Gasteiger partial charge in [-0.25, -0.2) is 0 Å².